The van der Waals surface area contributed by atoms with Crippen LogP contribution < -0.4 is 4.57 Å². The van der Waals surface area contributed by atoms with Crippen LogP contribution in [0.25, 0.3) is 11.3 Å². The maximum absolute atomic E-state index is 2.30. The number of aromatic nitrogens is 1. The number of pyridine rings is 1. The molecule has 1 heteroatoms. The van der Waals surface area contributed by atoms with Crippen molar-refractivity contribution in [3.63, 3.8) is 0 Å². The van der Waals surface area contributed by atoms with E-state index in [1.165, 1.54) is 44.6 Å². The molecule has 2 rings (SSSR count). The molecular weight excluding hydrogens is 230 g/mol. The molecule has 0 saturated heterocycles. The summed E-state index contributed by atoms with van der Waals surface area (Å²) in [6, 6.07) is 4.60. The van der Waals surface area contributed by atoms with Gasteiger partial charge in [-0.3, -0.25) is 0 Å². The molecule has 1 aromatic carbocycles. The lowest BCUT2D eigenvalue weighted by molar-refractivity contribution is -0.660. The number of aryl methyl sites for hydroxylation is 5. The van der Waals surface area contributed by atoms with Gasteiger partial charge in [-0.25, -0.2) is 4.57 Å². The van der Waals surface area contributed by atoms with Crippen molar-refractivity contribution in [1.29, 1.82) is 0 Å². The first kappa shape index (κ1) is 13.8. The third-order valence-corrected chi connectivity index (χ3v) is 4.36. The van der Waals surface area contributed by atoms with Crippen molar-refractivity contribution in [1.82, 2.24) is 0 Å². The highest BCUT2D eigenvalue weighted by atomic mass is 14.9. The second-order valence-corrected chi connectivity index (χ2v) is 5.77. The standard InChI is InChI=1S/C18H24N/c1-11-9-17(19(7)10-14(11)4)18-13(3)8-12(2)15(5)16(18)6/h8-10H,1-7H3/q+1. The third-order valence-electron chi connectivity index (χ3n) is 4.36. The minimum Gasteiger partial charge on any atom is -0.201 e. The van der Waals surface area contributed by atoms with Gasteiger partial charge in [0.2, 0.25) is 5.69 Å². The quantitative estimate of drug-likeness (QED) is 0.677. The van der Waals surface area contributed by atoms with Crippen molar-refractivity contribution >= 4 is 0 Å². The summed E-state index contributed by atoms with van der Waals surface area (Å²) in [5.41, 5.74) is 10.9. The fraction of sp³-hybridized carbons (Fsp3) is 0.389. The van der Waals surface area contributed by atoms with Gasteiger partial charge in [0.25, 0.3) is 0 Å². The molecule has 100 valence electrons. The van der Waals surface area contributed by atoms with Crippen LogP contribution in [0.15, 0.2) is 18.3 Å². The van der Waals surface area contributed by atoms with Crippen LogP contribution in [-0.2, 0) is 7.05 Å². The van der Waals surface area contributed by atoms with Crippen LogP contribution in [0.5, 0.6) is 0 Å². The molecular formula is C18H24N+. The highest BCUT2D eigenvalue weighted by Crippen LogP contribution is 2.29. The molecule has 0 aliphatic heterocycles. The van der Waals surface area contributed by atoms with E-state index in [-0.39, 0.29) is 0 Å². The topological polar surface area (TPSA) is 3.88 Å². The van der Waals surface area contributed by atoms with Gasteiger partial charge >= 0.3 is 0 Å². The smallest absolute Gasteiger partial charge is 0.201 e. The summed E-state index contributed by atoms with van der Waals surface area (Å²) in [6.07, 6.45) is 2.22. The van der Waals surface area contributed by atoms with Gasteiger partial charge in [0.15, 0.2) is 6.20 Å². The Kier molecular flexibility index (Phi) is 3.49. The van der Waals surface area contributed by atoms with Crippen molar-refractivity contribution in [3.05, 3.63) is 51.7 Å². The lowest BCUT2D eigenvalue weighted by Gasteiger charge is -2.14. The van der Waals surface area contributed by atoms with Crippen LogP contribution >= 0.6 is 0 Å². The Morgan fingerprint density at radius 2 is 1.32 bits per heavy atom. The van der Waals surface area contributed by atoms with Crippen LogP contribution in [0.2, 0.25) is 0 Å². The largest absolute Gasteiger partial charge is 0.213 e. The van der Waals surface area contributed by atoms with E-state index in [9.17, 15) is 0 Å². The van der Waals surface area contributed by atoms with Crippen LogP contribution in [-0.4, -0.2) is 0 Å². The van der Waals surface area contributed by atoms with Crippen LogP contribution in [0, 0.1) is 41.5 Å². The Morgan fingerprint density at radius 1 is 0.684 bits per heavy atom. The Hall–Kier alpha value is -1.63. The summed E-state index contributed by atoms with van der Waals surface area (Å²) in [5, 5.41) is 0. The van der Waals surface area contributed by atoms with Gasteiger partial charge in [0.1, 0.15) is 7.05 Å². The van der Waals surface area contributed by atoms with Gasteiger partial charge in [-0.05, 0) is 69.4 Å². The first-order chi connectivity index (χ1) is 8.82. The summed E-state index contributed by atoms with van der Waals surface area (Å²) in [5.74, 6) is 0. The first-order valence-electron chi connectivity index (χ1n) is 6.87. The SMILES string of the molecule is Cc1cc(-c2c(C)cc(C)c(C)c2C)[n+](C)cc1C. The number of hydrogen-bond donors (Lipinski definition) is 0. The van der Waals surface area contributed by atoms with E-state index in [4.69, 9.17) is 0 Å². The highest BCUT2D eigenvalue weighted by molar-refractivity contribution is 5.68. The maximum atomic E-state index is 2.30. The van der Waals surface area contributed by atoms with Crippen LogP contribution in [0.1, 0.15) is 33.4 Å². The van der Waals surface area contributed by atoms with Gasteiger partial charge in [0.05, 0.1) is 5.56 Å². The van der Waals surface area contributed by atoms with Gasteiger partial charge in [-0.1, -0.05) is 6.07 Å². The highest BCUT2D eigenvalue weighted by Gasteiger charge is 2.18. The molecule has 0 radical (unpaired) electrons. The molecule has 0 unspecified atom stereocenters. The van der Waals surface area contributed by atoms with Crippen molar-refractivity contribution in [2.75, 3.05) is 0 Å². The number of rotatable bonds is 1. The molecule has 0 saturated carbocycles. The van der Waals surface area contributed by atoms with E-state index < -0.39 is 0 Å². The van der Waals surface area contributed by atoms with Crippen molar-refractivity contribution in [2.24, 2.45) is 7.05 Å². The van der Waals surface area contributed by atoms with Gasteiger partial charge < -0.3 is 0 Å². The fourth-order valence-electron chi connectivity index (χ4n) is 2.81. The average molecular weight is 254 g/mol. The van der Waals surface area contributed by atoms with Crippen molar-refractivity contribution < 1.29 is 4.57 Å². The molecule has 0 bridgehead atoms. The second kappa shape index (κ2) is 4.80. The summed E-state index contributed by atoms with van der Waals surface area (Å²) in [7, 11) is 2.13. The van der Waals surface area contributed by atoms with Crippen LogP contribution in [0.4, 0.5) is 0 Å². The molecule has 1 nitrogen and oxygen atoms in total. The molecule has 1 aromatic heterocycles. The van der Waals surface area contributed by atoms with E-state index in [1.54, 1.807) is 0 Å². The molecule has 2 aromatic rings. The molecule has 0 aliphatic carbocycles. The monoisotopic (exact) mass is 254 g/mol. The number of benzene rings is 1. The van der Waals surface area contributed by atoms with Crippen molar-refractivity contribution in [3.8, 4) is 11.3 Å². The minimum absolute atomic E-state index is 1.31. The second-order valence-electron chi connectivity index (χ2n) is 5.77. The number of nitrogens with zero attached hydrogens (tertiary/aromatic N) is 1. The van der Waals surface area contributed by atoms with E-state index >= 15 is 0 Å². The van der Waals surface area contributed by atoms with E-state index in [2.05, 4.69) is 71.5 Å². The molecule has 1 heterocycles. The Balaban J connectivity index is 2.80. The van der Waals surface area contributed by atoms with E-state index in [0.29, 0.717) is 0 Å². The zero-order valence-corrected chi connectivity index (χ0v) is 13.2. The van der Waals surface area contributed by atoms with Gasteiger partial charge in [-0.2, -0.15) is 0 Å². The van der Waals surface area contributed by atoms with E-state index in [0.717, 1.165) is 0 Å². The average Bonchev–Trinajstić information content (AvgIpc) is 2.33. The zero-order chi connectivity index (χ0) is 14.3. The van der Waals surface area contributed by atoms with Gasteiger partial charge in [0, 0.05) is 11.6 Å². The zero-order valence-electron chi connectivity index (χ0n) is 13.2. The maximum Gasteiger partial charge on any atom is 0.213 e. The Bertz CT molecular complexity index is 651. The molecule has 0 atom stereocenters. The first-order valence-corrected chi connectivity index (χ1v) is 6.87. The predicted octanol–water partition coefficient (Wildman–Crippen LogP) is 4.03. The van der Waals surface area contributed by atoms with Crippen molar-refractivity contribution in [2.45, 2.75) is 41.5 Å². The van der Waals surface area contributed by atoms with Gasteiger partial charge in [-0.15, -0.1) is 0 Å². The summed E-state index contributed by atoms with van der Waals surface area (Å²) >= 11 is 0. The summed E-state index contributed by atoms with van der Waals surface area (Å²) < 4.78 is 2.24. The lowest BCUT2D eigenvalue weighted by Crippen LogP contribution is -2.32. The normalized spacial score (nSPS) is 10.9. The van der Waals surface area contributed by atoms with Crippen LogP contribution in [0.3, 0.4) is 0 Å². The summed E-state index contributed by atoms with van der Waals surface area (Å²) in [6.45, 7) is 13.2. The summed E-state index contributed by atoms with van der Waals surface area (Å²) in [4.78, 5) is 0. The number of hydrogen-bond acceptors (Lipinski definition) is 0. The predicted molar refractivity (Wildman–Crippen MR) is 81.5 cm³/mol. The Labute approximate surface area is 116 Å². The molecule has 0 spiro atoms. The third kappa shape index (κ3) is 2.30. The lowest BCUT2D eigenvalue weighted by atomic mass is 9.91. The molecule has 0 N–H and O–H groups in total. The Morgan fingerprint density at radius 3 is 1.95 bits per heavy atom. The van der Waals surface area contributed by atoms with E-state index in [1.807, 2.05) is 0 Å². The minimum atomic E-state index is 1.31. The molecule has 0 aliphatic rings. The molecule has 0 fully saturated rings. The fourth-order valence-corrected chi connectivity index (χ4v) is 2.81. The molecule has 0 amide bonds. The molecule has 19 heavy (non-hydrogen) atoms.